The van der Waals surface area contributed by atoms with Gasteiger partial charge < -0.3 is 10.2 Å². The Kier molecular flexibility index (Phi) is 6.80. The largest absolute Gasteiger partial charge is 0.326 e. The van der Waals surface area contributed by atoms with Crippen LogP contribution in [0.4, 0.5) is 20.2 Å². The molecule has 1 aliphatic rings. The molecule has 0 heterocycles. The van der Waals surface area contributed by atoms with E-state index in [-0.39, 0.29) is 16.9 Å². The van der Waals surface area contributed by atoms with Crippen molar-refractivity contribution >= 4 is 69.6 Å². The first-order valence-corrected chi connectivity index (χ1v) is 11.5. The Bertz CT molecular complexity index is 1280. The van der Waals surface area contributed by atoms with Gasteiger partial charge in [-0.1, -0.05) is 29.3 Å². The molecule has 1 fully saturated rings. The summed E-state index contributed by atoms with van der Waals surface area (Å²) in [6, 6.07) is 13.7. The summed E-state index contributed by atoms with van der Waals surface area (Å²) in [5.41, 5.74) is 0.714. The average Bonchev–Trinajstić information content (AvgIpc) is 3.35. The highest BCUT2D eigenvalue weighted by molar-refractivity contribution is 6.53. The van der Waals surface area contributed by atoms with Gasteiger partial charge in [-0.15, -0.1) is 23.2 Å². The van der Waals surface area contributed by atoms with Gasteiger partial charge in [-0.25, -0.2) is 8.78 Å². The summed E-state index contributed by atoms with van der Waals surface area (Å²) in [6.45, 7) is 0. The third kappa shape index (κ3) is 4.86. The molecule has 2 atom stereocenters. The number of carbonyl (C=O) groups is 2. The Hall–Kier alpha value is -2.38. The number of hydrogen-bond donors (Lipinski definition) is 1. The quantitative estimate of drug-likeness (QED) is 0.350. The van der Waals surface area contributed by atoms with Crippen molar-refractivity contribution in [3.63, 3.8) is 0 Å². The fourth-order valence-corrected chi connectivity index (χ4v) is 5.16. The molecule has 0 bridgehead atoms. The highest BCUT2D eigenvalue weighted by Gasteiger charge is 2.67. The van der Waals surface area contributed by atoms with Crippen LogP contribution in [0.2, 0.25) is 10.0 Å². The van der Waals surface area contributed by atoms with E-state index in [1.807, 2.05) is 0 Å². The molecule has 176 valence electrons. The maximum atomic E-state index is 14.5. The minimum atomic E-state index is -1.39. The molecule has 4 nitrogen and oxygen atoms in total. The number of nitrogens with one attached hydrogen (secondary N) is 1. The summed E-state index contributed by atoms with van der Waals surface area (Å²) in [4.78, 5) is 26.9. The SMILES string of the molecule is CN(C(=O)c1cc(NC(=O)C2C(c3cc(Cl)cc(Cl)c3)C2(Cl)Cl)ccc1F)c1cccc(F)c1. The zero-order valence-corrected chi connectivity index (χ0v) is 20.5. The van der Waals surface area contributed by atoms with Crippen molar-refractivity contribution in [3.8, 4) is 0 Å². The predicted molar refractivity (Wildman–Crippen MR) is 131 cm³/mol. The van der Waals surface area contributed by atoms with E-state index in [0.717, 1.165) is 17.0 Å². The lowest BCUT2D eigenvalue weighted by molar-refractivity contribution is -0.117. The summed E-state index contributed by atoms with van der Waals surface area (Å²) in [5.74, 6) is -3.97. The molecule has 0 aliphatic heterocycles. The van der Waals surface area contributed by atoms with Gasteiger partial charge in [-0.05, 0) is 60.2 Å². The Balaban J connectivity index is 1.54. The Morgan fingerprint density at radius 3 is 2.29 bits per heavy atom. The van der Waals surface area contributed by atoms with Crippen molar-refractivity contribution in [2.45, 2.75) is 10.3 Å². The summed E-state index contributed by atoms with van der Waals surface area (Å²) >= 11 is 24.8. The smallest absolute Gasteiger partial charge is 0.261 e. The first kappa shape index (κ1) is 24.7. The Morgan fingerprint density at radius 2 is 1.65 bits per heavy atom. The number of alkyl halides is 2. The van der Waals surface area contributed by atoms with E-state index in [2.05, 4.69) is 5.32 Å². The number of carbonyl (C=O) groups excluding carboxylic acids is 2. The Labute approximate surface area is 214 Å². The monoisotopic (exact) mass is 542 g/mol. The minimum Gasteiger partial charge on any atom is -0.326 e. The molecule has 34 heavy (non-hydrogen) atoms. The van der Waals surface area contributed by atoms with Crippen molar-refractivity contribution < 1.29 is 18.4 Å². The molecule has 3 aromatic carbocycles. The molecule has 1 N–H and O–H groups in total. The summed E-state index contributed by atoms with van der Waals surface area (Å²) in [7, 11) is 1.39. The van der Waals surface area contributed by atoms with Crippen molar-refractivity contribution in [3.05, 3.63) is 93.5 Å². The lowest BCUT2D eigenvalue weighted by atomic mass is 10.1. The van der Waals surface area contributed by atoms with Crippen LogP contribution in [-0.4, -0.2) is 23.2 Å². The first-order valence-electron chi connectivity index (χ1n) is 9.97. The standard InChI is InChI=1S/C24H16Cl4F2N2O2/c1-32(17-4-2-3-15(29)10-17)23(34)18-11-16(5-6-19(18)30)31-22(33)21-20(24(21,27)28)12-7-13(25)9-14(26)8-12/h2-11,20-21H,1H3,(H,31,33). The third-order valence-electron chi connectivity index (χ3n) is 5.54. The molecule has 0 saturated heterocycles. The van der Waals surface area contributed by atoms with Gasteiger partial charge in [0.2, 0.25) is 5.91 Å². The lowest BCUT2D eigenvalue weighted by Gasteiger charge is -2.18. The van der Waals surface area contributed by atoms with Gasteiger partial charge in [0, 0.05) is 34.4 Å². The zero-order chi connectivity index (χ0) is 24.8. The van der Waals surface area contributed by atoms with E-state index < -0.39 is 39.6 Å². The predicted octanol–water partition coefficient (Wildman–Crippen LogP) is 7.07. The van der Waals surface area contributed by atoms with Crippen LogP contribution >= 0.6 is 46.4 Å². The average molecular weight is 544 g/mol. The second-order valence-corrected chi connectivity index (χ2v) is 10.2. The summed E-state index contributed by atoms with van der Waals surface area (Å²) in [6.07, 6.45) is 0. The molecular weight excluding hydrogens is 528 g/mol. The third-order valence-corrected chi connectivity index (χ3v) is 6.92. The van der Waals surface area contributed by atoms with E-state index in [0.29, 0.717) is 15.6 Å². The van der Waals surface area contributed by atoms with Gasteiger partial charge in [0.1, 0.15) is 16.0 Å². The number of hydrogen-bond acceptors (Lipinski definition) is 2. The molecule has 3 aromatic rings. The van der Waals surface area contributed by atoms with Gasteiger partial charge >= 0.3 is 0 Å². The van der Waals surface area contributed by atoms with Crippen LogP contribution in [0, 0.1) is 17.6 Å². The maximum absolute atomic E-state index is 14.5. The zero-order valence-electron chi connectivity index (χ0n) is 17.5. The van der Waals surface area contributed by atoms with E-state index in [4.69, 9.17) is 46.4 Å². The molecule has 2 unspecified atom stereocenters. The van der Waals surface area contributed by atoms with E-state index in [9.17, 15) is 18.4 Å². The van der Waals surface area contributed by atoms with Gasteiger partial charge in [0.05, 0.1) is 11.5 Å². The van der Waals surface area contributed by atoms with Crippen LogP contribution in [0.25, 0.3) is 0 Å². The molecule has 0 aromatic heterocycles. The van der Waals surface area contributed by atoms with E-state index in [1.165, 1.54) is 37.4 Å². The normalized spacial score (nSPS) is 18.3. The highest BCUT2D eigenvalue weighted by Crippen LogP contribution is 2.65. The van der Waals surface area contributed by atoms with E-state index >= 15 is 0 Å². The molecule has 0 spiro atoms. The summed E-state index contributed by atoms with van der Waals surface area (Å²) < 4.78 is 26.6. The van der Waals surface area contributed by atoms with E-state index in [1.54, 1.807) is 18.2 Å². The molecule has 4 rings (SSSR count). The Morgan fingerprint density at radius 1 is 0.971 bits per heavy atom. The van der Waals surface area contributed by atoms with Crippen LogP contribution < -0.4 is 10.2 Å². The number of amides is 2. The van der Waals surface area contributed by atoms with Gasteiger partial charge in [0.25, 0.3) is 5.91 Å². The van der Waals surface area contributed by atoms with Crippen LogP contribution in [0.15, 0.2) is 60.7 Å². The van der Waals surface area contributed by atoms with Crippen molar-refractivity contribution in [2.75, 3.05) is 17.3 Å². The highest BCUT2D eigenvalue weighted by atomic mass is 35.5. The number of anilines is 2. The fraction of sp³-hybridized carbons (Fsp3) is 0.167. The van der Waals surface area contributed by atoms with Crippen LogP contribution in [0.5, 0.6) is 0 Å². The van der Waals surface area contributed by atoms with Crippen LogP contribution in [0.3, 0.4) is 0 Å². The van der Waals surface area contributed by atoms with Crippen LogP contribution in [-0.2, 0) is 4.79 Å². The molecule has 2 amide bonds. The van der Waals surface area contributed by atoms with Crippen molar-refractivity contribution in [1.29, 1.82) is 0 Å². The van der Waals surface area contributed by atoms with Gasteiger partial charge in [-0.2, -0.15) is 0 Å². The molecule has 0 radical (unpaired) electrons. The van der Waals surface area contributed by atoms with Crippen LogP contribution in [0.1, 0.15) is 21.8 Å². The number of benzene rings is 3. The first-order chi connectivity index (χ1) is 16.0. The fourth-order valence-electron chi connectivity index (χ4n) is 3.79. The summed E-state index contributed by atoms with van der Waals surface area (Å²) in [5, 5.41) is 3.38. The van der Waals surface area contributed by atoms with Crippen molar-refractivity contribution in [1.82, 2.24) is 0 Å². The minimum absolute atomic E-state index is 0.168. The molecule has 1 saturated carbocycles. The number of halogens is 6. The van der Waals surface area contributed by atoms with Gasteiger partial charge in [-0.3, -0.25) is 9.59 Å². The second-order valence-electron chi connectivity index (χ2n) is 7.86. The molecule has 10 heteroatoms. The second kappa shape index (κ2) is 9.34. The topological polar surface area (TPSA) is 49.4 Å². The number of nitrogens with zero attached hydrogens (tertiary/aromatic N) is 1. The number of rotatable bonds is 5. The lowest BCUT2D eigenvalue weighted by Crippen LogP contribution is -2.27. The molecular formula is C24H16Cl4F2N2O2. The molecule has 1 aliphatic carbocycles. The van der Waals surface area contributed by atoms with Crippen molar-refractivity contribution in [2.24, 2.45) is 5.92 Å². The maximum Gasteiger partial charge on any atom is 0.261 e. The van der Waals surface area contributed by atoms with Gasteiger partial charge in [0.15, 0.2) is 0 Å².